The van der Waals surface area contributed by atoms with E-state index in [0.29, 0.717) is 30.4 Å². The van der Waals surface area contributed by atoms with Gasteiger partial charge < -0.3 is 14.4 Å². The van der Waals surface area contributed by atoms with Crippen molar-refractivity contribution in [1.82, 2.24) is 9.55 Å². The van der Waals surface area contributed by atoms with E-state index in [-0.39, 0.29) is 0 Å². The lowest BCUT2D eigenvalue weighted by Gasteiger charge is -2.13. The zero-order valence-electron chi connectivity index (χ0n) is 12.9. The second-order valence-corrected chi connectivity index (χ2v) is 5.77. The molecule has 0 aliphatic carbocycles. The van der Waals surface area contributed by atoms with E-state index in [2.05, 4.69) is 4.98 Å². The van der Waals surface area contributed by atoms with Gasteiger partial charge in [0, 0.05) is 5.02 Å². The van der Waals surface area contributed by atoms with Crippen LogP contribution in [0.4, 0.5) is 0 Å². The van der Waals surface area contributed by atoms with Crippen molar-refractivity contribution in [3.8, 4) is 5.75 Å². The van der Waals surface area contributed by atoms with Crippen molar-refractivity contribution in [2.24, 2.45) is 0 Å². The zero-order chi connectivity index (χ0) is 16.2. The monoisotopic (exact) mass is 330 g/mol. The smallest absolute Gasteiger partial charge is 0.138 e. The fourth-order valence-corrected chi connectivity index (χ4v) is 2.68. The Bertz CT molecular complexity index is 783. The van der Waals surface area contributed by atoms with Crippen LogP contribution in [0.1, 0.15) is 25.3 Å². The number of imidazole rings is 1. The molecule has 0 fully saturated rings. The number of rotatable bonds is 6. The Morgan fingerprint density at radius 1 is 1.17 bits per heavy atom. The predicted molar refractivity (Wildman–Crippen MR) is 91.9 cm³/mol. The highest BCUT2D eigenvalue weighted by molar-refractivity contribution is 6.30. The molecule has 1 aromatic heterocycles. The summed E-state index contributed by atoms with van der Waals surface area (Å²) in [4.78, 5) is 4.56. The molecule has 0 spiro atoms. The molecule has 3 aromatic rings. The predicted octanol–water partition coefficient (Wildman–Crippen LogP) is 4.21. The van der Waals surface area contributed by atoms with Crippen molar-refractivity contribution in [1.29, 1.82) is 0 Å². The molecule has 0 amide bonds. The maximum Gasteiger partial charge on any atom is 0.138 e. The molecule has 1 heterocycles. The van der Waals surface area contributed by atoms with Gasteiger partial charge in [-0.15, -0.1) is 0 Å². The Labute approximate surface area is 140 Å². The lowest BCUT2D eigenvalue weighted by atomic mass is 10.2. The molecule has 0 aliphatic heterocycles. The molecule has 0 bridgehead atoms. The number of ether oxygens (including phenoxy) is 1. The Kier molecular flexibility index (Phi) is 4.84. The van der Waals surface area contributed by atoms with E-state index < -0.39 is 6.10 Å². The van der Waals surface area contributed by atoms with Crippen LogP contribution in [-0.4, -0.2) is 21.3 Å². The largest absolute Gasteiger partial charge is 0.492 e. The molecule has 2 aromatic carbocycles. The first-order valence-corrected chi connectivity index (χ1v) is 8.08. The summed E-state index contributed by atoms with van der Waals surface area (Å²) in [6, 6.07) is 15.2. The SMILES string of the molecule is CC[C@H](O)c1nc2ccccc2n1CCOc1ccc(Cl)cc1. The van der Waals surface area contributed by atoms with E-state index in [1.165, 1.54) is 0 Å². The number of fused-ring (bicyclic) bond motifs is 1. The highest BCUT2D eigenvalue weighted by atomic mass is 35.5. The van der Waals surface area contributed by atoms with Crippen molar-refractivity contribution >= 4 is 22.6 Å². The average Bonchev–Trinajstić information content (AvgIpc) is 2.95. The third-order valence-corrected chi connectivity index (χ3v) is 4.02. The first-order chi connectivity index (χ1) is 11.2. The van der Waals surface area contributed by atoms with E-state index in [4.69, 9.17) is 16.3 Å². The minimum absolute atomic E-state index is 0.491. The highest BCUT2D eigenvalue weighted by Gasteiger charge is 2.16. The van der Waals surface area contributed by atoms with Gasteiger partial charge in [0.2, 0.25) is 0 Å². The third-order valence-electron chi connectivity index (χ3n) is 3.77. The number of aliphatic hydroxyl groups is 1. The van der Waals surface area contributed by atoms with E-state index in [0.717, 1.165) is 16.8 Å². The number of halogens is 1. The molecule has 0 saturated carbocycles. The quantitative estimate of drug-likeness (QED) is 0.736. The van der Waals surface area contributed by atoms with Crippen LogP contribution < -0.4 is 4.74 Å². The molecule has 5 heteroatoms. The molecular weight excluding hydrogens is 312 g/mol. The van der Waals surface area contributed by atoms with Crippen LogP contribution >= 0.6 is 11.6 Å². The lowest BCUT2D eigenvalue weighted by molar-refractivity contribution is 0.157. The van der Waals surface area contributed by atoms with Gasteiger partial charge in [-0.2, -0.15) is 0 Å². The Hall–Kier alpha value is -2.04. The first-order valence-electron chi connectivity index (χ1n) is 7.70. The molecule has 3 rings (SSSR count). The molecule has 1 N–H and O–H groups in total. The number of benzene rings is 2. The van der Waals surface area contributed by atoms with Gasteiger partial charge >= 0.3 is 0 Å². The van der Waals surface area contributed by atoms with E-state index in [1.807, 2.05) is 47.9 Å². The van der Waals surface area contributed by atoms with Crippen LogP contribution in [0.15, 0.2) is 48.5 Å². The van der Waals surface area contributed by atoms with Gasteiger partial charge in [-0.3, -0.25) is 0 Å². The van der Waals surface area contributed by atoms with E-state index >= 15 is 0 Å². The minimum atomic E-state index is -0.571. The number of para-hydroxylation sites is 2. The van der Waals surface area contributed by atoms with Gasteiger partial charge in [0.15, 0.2) is 0 Å². The summed E-state index contributed by atoms with van der Waals surface area (Å²) in [6.07, 6.45) is 0.0550. The number of aliphatic hydroxyl groups excluding tert-OH is 1. The summed E-state index contributed by atoms with van der Waals surface area (Å²) in [6.45, 7) is 3.06. The Morgan fingerprint density at radius 3 is 2.65 bits per heavy atom. The van der Waals surface area contributed by atoms with Crippen LogP contribution in [-0.2, 0) is 6.54 Å². The van der Waals surface area contributed by atoms with Crippen molar-refractivity contribution < 1.29 is 9.84 Å². The molecule has 0 aliphatic rings. The van der Waals surface area contributed by atoms with Crippen LogP contribution in [0, 0.1) is 0 Å². The normalized spacial score (nSPS) is 12.5. The molecule has 1 atom stereocenters. The average molecular weight is 331 g/mol. The maximum absolute atomic E-state index is 10.2. The van der Waals surface area contributed by atoms with Crippen molar-refractivity contribution in [3.63, 3.8) is 0 Å². The summed E-state index contributed by atoms with van der Waals surface area (Å²) < 4.78 is 7.79. The molecule has 4 nitrogen and oxygen atoms in total. The number of aromatic nitrogens is 2. The molecular formula is C18H19ClN2O2. The molecule has 23 heavy (non-hydrogen) atoms. The second-order valence-electron chi connectivity index (χ2n) is 5.34. The van der Waals surface area contributed by atoms with Gasteiger partial charge in [0.1, 0.15) is 24.3 Å². The van der Waals surface area contributed by atoms with Crippen molar-refractivity contribution in [2.45, 2.75) is 26.0 Å². The van der Waals surface area contributed by atoms with Crippen LogP contribution in [0.2, 0.25) is 5.02 Å². The summed E-state index contributed by atoms with van der Waals surface area (Å²) in [7, 11) is 0. The van der Waals surface area contributed by atoms with Crippen molar-refractivity contribution in [3.05, 3.63) is 59.4 Å². The summed E-state index contributed by atoms with van der Waals surface area (Å²) in [5.74, 6) is 1.46. The minimum Gasteiger partial charge on any atom is -0.492 e. The topological polar surface area (TPSA) is 47.3 Å². The number of nitrogens with zero attached hydrogens (tertiary/aromatic N) is 2. The fraction of sp³-hybridized carbons (Fsp3) is 0.278. The van der Waals surface area contributed by atoms with Gasteiger partial charge in [0.05, 0.1) is 17.6 Å². The standard InChI is InChI=1S/C18H19ClN2O2/c1-2-17(22)18-20-15-5-3-4-6-16(15)21(18)11-12-23-14-9-7-13(19)8-10-14/h3-10,17,22H,2,11-12H2,1H3/t17-/m0/s1. The maximum atomic E-state index is 10.2. The van der Waals surface area contributed by atoms with Gasteiger partial charge in [-0.1, -0.05) is 30.7 Å². The Balaban J connectivity index is 1.79. The lowest BCUT2D eigenvalue weighted by Crippen LogP contribution is -2.13. The molecule has 0 saturated heterocycles. The van der Waals surface area contributed by atoms with Crippen molar-refractivity contribution in [2.75, 3.05) is 6.61 Å². The molecule has 0 radical (unpaired) electrons. The van der Waals surface area contributed by atoms with Crippen LogP contribution in [0.3, 0.4) is 0 Å². The zero-order valence-corrected chi connectivity index (χ0v) is 13.7. The summed E-state index contributed by atoms with van der Waals surface area (Å²) >= 11 is 5.87. The highest BCUT2D eigenvalue weighted by Crippen LogP contribution is 2.23. The van der Waals surface area contributed by atoms with Gasteiger partial charge in [0.25, 0.3) is 0 Å². The van der Waals surface area contributed by atoms with Crippen LogP contribution in [0.5, 0.6) is 5.75 Å². The Morgan fingerprint density at radius 2 is 1.91 bits per heavy atom. The fourth-order valence-electron chi connectivity index (χ4n) is 2.55. The van der Waals surface area contributed by atoms with E-state index in [1.54, 1.807) is 12.1 Å². The van der Waals surface area contributed by atoms with E-state index in [9.17, 15) is 5.11 Å². The summed E-state index contributed by atoms with van der Waals surface area (Å²) in [5, 5.41) is 10.9. The summed E-state index contributed by atoms with van der Waals surface area (Å²) in [5.41, 5.74) is 1.90. The number of hydrogen-bond donors (Lipinski definition) is 1. The third kappa shape index (κ3) is 3.49. The molecule has 120 valence electrons. The number of hydrogen-bond acceptors (Lipinski definition) is 3. The molecule has 0 unspecified atom stereocenters. The van der Waals surface area contributed by atoms with Gasteiger partial charge in [-0.25, -0.2) is 4.98 Å². The second kappa shape index (κ2) is 7.02. The first kappa shape index (κ1) is 15.8. The van der Waals surface area contributed by atoms with Gasteiger partial charge in [-0.05, 0) is 42.8 Å². The van der Waals surface area contributed by atoms with Crippen LogP contribution in [0.25, 0.3) is 11.0 Å².